The van der Waals surface area contributed by atoms with Gasteiger partial charge >= 0.3 is 6.98 Å². The fourth-order valence-corrected chi connectivity index (χ4v) is 1.31. The Morgan fingerprint density at radius 1 is 1.25 bits per heavy atom. The molecule has 66 valence electrons. The summed E-state index contributed by atoms with van der Waals surface area (Å²) in [5.74, 6) is 0. The molecule has 5 heteroatoms. The van der Waals surface area contributed by atoms with E-state index in [0.717, 1.165) is 6.07 Å². The van der Waals surface area contributed by atoms with E-state index >= 15 is 0 Å². The summed E-state index contributed by atoms with van der Waals surface area (Å²) in [6.45, 7) is -4.84. The van der Waals surface area contributed by atoms with E-state index in [2.05, 4.69) is 0 Å². The lowest BCUT2D eigenvalue weighted by molar-refractivity contribution is 0.501. The maximum Gasteiger partial charge on any atom is 0.509 e. The molecule has 0 bridgehead atoms. The first-order valence-electron chi connectivity index (χ1n) is 3.38. The Kier molecular flexibility index (Phi) is 2.72. The van der Waals surface area contributed by atoms with Crippen LogP contribution in [-0.4, -0.2) is 13.2 Å². The molecule has 12 heavy (non-hydrogen) atoms. The van der Waals surface area contributed by atoms with Crippen molar-refractivity contribution in [3.63, 3.8) is 0 Å². The van der Waals surface area contributed by atoms with Crippen molar-refractivity contribution < 1.29 is 12.9 Å². The monoisotopic (exact) mass is 191 g/mol. The minimum atomic E-state index is -4.84. The lowest BCUT2D eigenvalue weighted by atomic mass is 9.80. The van der Waals surface area contributed by atoms with Crippen molar-refractivity contribution in [2.45, 2.75) is 4.90 Å². The van der Waals surface area contributed by atoms with Crippen LogP contribution in [0.5, 0.6) is 0 Å². The van der Waals surface area contributed by atoms with Crippen LogP contribution in [0.2, 0.25) is 0 Å². The van der Waals surface area contributed by atoms with Crippen LogP contribution >= 0.6 is 11.8 Å². The fourth-order valence-electron chi connectivity index (χ4n) is 0.845. The van der Waals surface area contributed by atoms with Gasteiger partial charge in [0.15, 0.2) is 0 Å². The minimum absolute atomic E-state index is 0.526. The molecule has 1 aromatic rings. The first-order chi connectivity index (χ1) is 5.54. The molecule has 1 rings (SSSR count). The SMILES string of the molecule is CSc1cccc([B-](F)(F)F)c1. The molecule has 1 aromatic carbocycles. The van der Waals surface area contributed by atoms with Crippen LogP contribution in [0, 0.1) is 0 Å². The first kappa shape index (κ1) is 9.51. The molecule has 0 aliphatic carbocycles. The number of hydrogen-bond acceptors (Lipinski definition) is 1. The topological polar surface area (TPSA) is 0 Å². The molecule has 0 fully saturated rings. The summed E-state index contributed by atoms with van der Waals surface area (Å²) in [5, 5.41) is 0. The van der Waals surface area contributed by atoms with Crippen molar-refractivity contribution in [2.75, 3.05) is 6.26 Å². The van der Waals surface area contributed by atoms with Crippen molar-refractivity contribution in [1.82, 2.24) is 0 Å². The Bertz CT molecular complexity index is 272. The summed E-state index contributed by atoms with van der Waals surface area (Å²) in [4.78, 5) is 0.645. The van der Waals surface area contributed by atoms with Crippen molar-refractivity contribution in [3.8, 4) is 0 Å². The van der Waals surface area contributed by atoms with Gasteiger partial charge in [0.05, 0.1) is 0 Å². The quantitative estimate of drug-likeness (QED) is 0.511. The molecule has 0 N–H and O–H groups in total. The fraction of sp³-hybridized carbons (Fsp3) is 0.143. The normalized spacial score (nSPS) is 11.7. The summed E-state index contributed by atoms with van der Waals surface area (Å²) in [5.41, 5.74) is -0.526. The van der Waals surface area contributed by atoms with Gasteiger partial charge < -0.3 is 12.9 Å². The van der Waals surface area contributed by atoms with Crippen molar-refractivity contribution in [2.24, 2.45) is 0 Å². The van der Waals surface area contributed by atoms with E-state index in [1.54, 1.807) is 12.3 Å². The molecular weight excluding hydrogens is 184 g/mol. The van der Waals surface area contributed by atoms with E-state index in [4.69, 9.17) is 0 Å². The van der Waals surface area contributed by atoms with Gasteiger partial charge in [-0.15, -0.1) is 17.2 Å². The van der Waals surface area contributed by atoms with E-state index in [-0.39, 0.29) is 0 Å². The second-order valence-electron chi connectivity index (χ2n) is 2.35. The van der Waals surface area contributed by atoms with Gasteiger partial charge in [-0.3, -0.25) is 0 Å². The predicted molar refractivity (Wildman–Crippen MR) is 46.9 cm³/mol. The average molecular weight is 191 g/mol. The Labute approximate surface area is 73.2 Å². The van der Waals surface area contributed by atoms with Crippen LogP contribution < -0.4 is 5.46 Å². The van der Waals surface area contributed by atoms with Crippen molar-refractivity contribution in [3.05, 3.63) is 24.3 Å². The number of benzene rings is 1. The van der Waals surface area contributed by atoms with Crippen LogP contribution in [0.3, 0.4) is 0 Å². The highest BCUT2D eigenvalue weighted by Gasteiger charge is 2.25. The van der Waals surface area contributed by atoms with Gasteiger partial charge in [-0.2, -0.15) is 0 Å². The largest absolute Gasteiger partial charge is 0.509 e. The van der Waals surface area contributed by atoms with Crippen LogP contribution in [0.25, 0.3) is 0 Å². The standard InChI is InChI=1S/C7H7BF3S/c1-12-7-4-2-3-6(5-7)8(9,10)11/h2-5H,1H3/q-1. The molecule has 0 aliphatic rings. The second-order valence-corrected chi connectivity index (χ2v) is 3.23. The van der Waals surface area contributed by atoms with Gasteiger partial charge in [0.1, 0.15) is 0 Å². The lowest BCUT2D eigenvalue weighted by Crippen LogP contribution is -2.33. The van der Waals surface area contributed by atoms with Crippen LogP contribution in [0.4, 0.5) is 12.9 Å². The molecular formula is C7H7BF3S-. The predicted octanol–water partition coefficient (Wildman–Crippen LogP) is 2.46. The van der Waals surface area contributed by atoms with Crippen LogP contribution in [0.15, 0.2) is 29.2 Å². The summed E-state index contributed by atoms with van der Waals surface area (Å²) in [6.07, 6.45) is 1.75. The lowest BCUT2D eigenvalue weighted by Gasteiger charge is -2.14. The number of rotatable bonds is 2. The van der Waals surface area contributed by atoms with E-state index in [1.807, 2.05) is 0 Å². The summed E-state index contributed by atoms with van der Waals surface area (Å²) in [6, 6.07) is 5.36. The molecule has 0 amide bonds. The molecule has 0 aromatic heterocycles. The average Bonchev–Trinajstić information content (AvgIpc) is 2.03. The van der Waals surface area contributed by atoms with Gasteiger partial charge in [0.2, 0.25) is 0 Å². The molecule has 0 heterocycles. The smallest absolute Gasteiger partial charge is 0.445 e. The Morgan fingerprint density at radius 2 is 1.92 bits per heavy atom. The summed E-state index contributed by atoms with van der Waals surface area (Å²) in [7, 11) is 0. The molecule has 0 atom stereocenters. The van der Waals surface area contributed by atoms with E-state index < -0.39 is 12.4 Å². The van der Waals surface area contributed by atoms with Crippen LogP contribution in [0.1, 0.15) is 0 Å². The third-order valence-corrected chi connectivity index (χ3v) is 2.20. The number of halogens is 3. The molecule has 0 saturated heterocycles. The maximum atomic E-state index is 12.2. The number of hydrogen-bond donors (Lipinski definition) is 0. The van der Waals surface area contributed by atoms with Crippen molar-refractivity contribution in [1.29, 1.82) is 0 Å². The zero-order valence-corrected chi connectivity index (χ0v) is 7.25. The van der Waals surface area contributed by atoms with E-state index in [1.165, 1.54) is 23.9 Å². The van der Waals surface area contributed by atoms with Gasteiger partial charge in [-0.25, -0.2) is 0 Å². The van der Waals surface area contributed by atoms with Gasteiger partial charge in [-0.05, 0) is 12.3 Å². The van der Waals surface area contributed by atoms with Crippen LogP contribution in [-0.2, 0) is 0 Å². The van der Waals surface area contributed by atoms with E-state index in [9.17, 15) is 12.9 Å². The summed E-state index contributed by atoms with van der Waals surface area (Å²) >= 11 is 1.31. The van der Waals surface area contributed by atoms with E-state index in [0.29, 0.717) is 4.90 Å². The third kappa shape index (κ3) is 2.20. The Hall–Kier alpha value is -0.575. The molecule has 0 unspecified atom stereocenters. The Balaban J connectivity index is 3.02. The highest BCUT2D eigenvalue weighted by atomic mass is 32.2. The molecule has 0 aliphatic heterocycles. The minimum Gasteiger partial charge on any atom is -0.445 e. The summed E-state index contributed by atoms with van der Waals surface area (Å²) < 4.78 is 36.5. The molecule has 0 saturated carbocycles. The van der Waals surface area contributed by atoms with Gasteiger partial charge in [0, 0.05) is 4.90 Å². The number of thioether (sulfide) groups is 1. The molecule has 0 spiro atoms. The zero-order chi connectivity index (χ0) is 9.19. The highest BCUT2D eigenvalue weighted by Crippen LogP contribution is 2.15. The molecule has 0 nitrogen and oxygen atoms in total. The van der Waals surface area contributed by atoms with Gasteiger partial charge in [0.25, 0.3) is 0 Å². The second kappa shape index (κ2) is 3.43. The maximum absolute atomic E-state index is 12.2. The van der Waals surface area contributed by atoms with Crippen molar-refractivity contribution >= 4 is 24.2 Å². The first-order valence-corrected chi connectivity index (χ1v) is 4.60. The Morgan fingerprint density at radius 3 is 2.42 bits per heavy atom. The highest BCUT2D eigenvalue weighted by molar-refractivity contribution is 7.98. The third-order valence-electron chi connectivity index (χ3n) is 1.47. The molecule has 0 radical (unpaired) electrons. The zero-order valence-electron chi connectivity index (χ0n) is 6.43. The van der Waals surface area contributed by atoms with Gasteiger partial charge in [-0.1, -0.05) is 18.2 Å².